The van der Waals surface area contributed by atoms with Crippen LogP contribution in [-0.2, 0) is 32.1 Å². The zero-order valence-electron chi connectivity index (χ0n) is 23.9. The number of nitrogens with zero attached hydrogens (tertiary/aromatic N) is 1. The molecule has 42 heavy (non-hydrogen) atoms. The number of nitrogens with one attached hydrogen (secondary N) is 1. The summed E-state index contributed by atoms with van der Waals surface area (Å²) in [5.41, 5.74) is 2.93. The molecular weight excluding hydrogens is 546 g/mol. The molecule has 0 spiro atoms. The first-order valence-corrected chi connectivity index (χ1v) is 13.6. The van der Waals surface area contributed by atoms with Crippen LogP contribution in [0.1, 0.15) is 23.1 Å². The first-order chi connectivity index (χ1) is 19.9. The summed E-state index contributed by atoms with van der Waals surface area (Å²) in [6.07, 6.45) is 0.140. The molecular formula is C30H35N3O9. The summed E-state index contributed by atoms with van der Waals surface area (Å²) in [5.74, 6) is -6.51. The summed E-state index contributed by atoms with van der Waals surface area (Å²) < 4.78 is 10.8. The van der Waals surface area contributed by atoms with Gasteiger partial charge < -0.3 is 41.0 Å². The van der Waals surface area contributed by atoms with Gasteiger partial charge in [0, 0.05) is 48.0 Å². The fourth-order valence-corrected chi connectivity index (χ4v) is 6.87. The van der Waals surface area contributed by atoms with Crippen LogP contribution >= 0.6 is 0 Å². The molecule has 12 heteroatoms. The van der Waals surface area contributed by atoms with E-state index in [2.05, 4.69) is 5.32 Å². The van der Waals surface area contributed by atoms with Crippen molar-refractivity contribution in [3.63, 3.8) is 0 Å². The number of nitrogens with two attached hydrogens (primary N) is 1. The van der Waals surface area contributed by atoms with Crippen LogP contribution in [0.3, 0.4) is 0 Å². The molecule has 12 nitrogen and oxygen atoms in total. The number of aliphatic hydroxyl groups excluding tert-OH is 2. The quantitative estimate of drug-likeness (QED) is 0.191. The van der Waals surface area contributed by atoms with Crippen LogP contribution in [0.4, 0.5) is 0 Å². The molecule has 0 unspecified atom stereocenters. The number of primary amides is 1. The monoisotopic (exact) mass is 581 g/mol. The maximum absolute atomic E-state index is 14.1. The van der Waals surface area contributed by atoms with Crippen LogP contribution in [0.2, 0.25) is 0 Å². The van der Waals surface area contributed by atoms with Crippen LogP contribution in [0.15, 0.2) is 35.1 Å². The van der Waals surface area contributed by atoms with Gasteiger partial charge in [0.05, 0.1) is 25.3 Å². The van der Waals surface area contributed by atoms with Gasteiger partial charge >= 0.3 is 0 Å². The number of rotatable bonds is 8. The Morgan fingerprint density at radius 1 is 1.17 bits per heavy atom. The SMILES string of the molecule is COCCNCc1ccc2c(OC)c3c(c(O)c2c1)C(O)=C1C(=O)[C@]2(O)C(O)=C(C(N)=O)C(=O)[C@@H](N(C)C)[C@@H]2C[C@@H]1C3. The number of fused-ring (bicyclic) bond motifs is 4. The fourth-order valence-electron chi connectivity index (χ4n) is 6.87. The van der Waals surface area contributed by atoms with E-state index in [1.165, 1.54) is 12.0 Å². The van der Waals surface area contributed by atoms with Gasteiger partial charge in [-0.1, -0.05) is 12.1 Å². The first-order valence-electron chi connectivity index (χ1n) is 13.6. The zero-order valence-corrected chi connectivity index (χ0v) is 23.9. The average Bonchev–Trinajstić information content (AvgIpc) is 2.93. The van der Waals surface area contributed by atoms with Gasteiger partial charge in [0.1, 0.15) is 28.6 Å². The highest BCUT2D eigenvalue weighted by molar-refractivity contribution is 6.24. The molecule has 224 valence electrons. The van der Waals surface area contributed by atoms with Gasteiger partial charge in [-0.25, -0.2) is 0 Å². The number of carbonyl (C=O) groups is 3. The summed E-state index contributed by atoms with van der Waals surface area (Å²) >= 11 is 0. The van der Waals surface area contributed by atoms with Gasteiger partial charge in [0.25, 0.3) is 5.91 Å². The van der Waals surface area contributed by atoms with Crippen LogP contribution in [0, 0.1) is 11.8 Å². The minimum atomic E-state index is -2.69. The Morgan fingerprint density at radius 3 is 2.50 bits per heavy atom. The second kappa shape index (κ2) is 10.7. The van der Waals surface area contributed by atoms with E-state index in [9.17, 15) is 34.8 Å². The molecule has 0 aliphatic heterocycles. The van der Waals surface area contributed by atoms with E-state index in [0.29, 0.717) is 41.8 Å². The number of likely N-dealkylation sites (N-methyl/N-ethyl adjacent to an activating group) is 1. The fraction of sp³-hybridized carbons (Fsp3) is 0.433. The van der Waals surface area contributed by atoms with Gasteiger partial charge in [-0.3, -0.25) is 19.3 Å². The average molecular weight is 582 g/mol. The number of hydrogen-bond acceptors (Lipinski definition) is 11. The summed E-state index contributed by atoms with van der Waals surface area (Å²) in [6.45, 7) is 1.63. The van der Waals surface area contributed by atoms with Crippen LogP contribution in [0.25, 0.3) is 16.5 Å². The van der Waals surface area contributed by atoms with Gasteiger partial charge in [0.2, 0.25) is 5.78 Å². The number of carbonyl (C=O) groups excluding carboxylic acids is 3. The molecule has 1 saturated carbocycles. The molecule has 5 rings (SSSR count). The molecule has 1 fully saturated rings. The Kier molecular flexibility index (Phi) is 7.52. The Labute approximate surface area is 242 Å². The van der Waals surface area contributed by atoms with Crippen molar-refractivity contribution in [3.05, 3.63) is 51.8 Å². The Bertz CT molecular complexity index is 1580. The zero-order chi connectivity index (χ0) is 30.7. The topological polar surface area (TPSA) is 192 Å². The number of Topliss-reactive ketones (excluding diaryl/α,β-unsaturated/α-hetero) is 2. The van der Waals surface area contributed by atoms with Crippen molar-refractivity contribution in [3.8, 4) is 11.5 Å². The summed E-state index contributed by atoms with van der Waals surface area (Å²) in [7, 11) is 6.20. The predicted octanol–water partition coefficient (Wildman–Crippen LogP) is 0.862. The summed E-state index contributed by atoms with van der Waals surface area (Å²) in [4.78, 5) is 41.0. The number of hydrogen-bond donors (Lipinski definition) is 6. The number of aliphatic hydroxyl groups is 3. The maximum Gasteiger partial charge on any atom is 0.255 e. The maximum atomic E-state index is 14.1. The number of benzene rings is 2. The van der Waals surface area contributed by atoms with Gasteiger partial charge in [-0.15, -0.1) is 0 Å². The molecule has 7 N–H and O–H groups in total. The summed E-state index contributed by atoms with van der Waals surface area (Å²) in [5, 5.41) is 50.1. The highest BCUT2D eigenvalue weighted by Crippen LogP contribution is 2.55. The molecule has 3 aliphatic rings. The highest BCUT2D eigenvalue weighted by atomic mass is 16.5. The first kappa shape index (κ1) is 29.5. The lowest BCUT2D eigenvalue weighted by Crippen LogP contribution is -2.65. The standard InChI is InChI=1S/C30H35N3O9/c1-33(2)22-18-11-14-10-17-20(24(35)19(14)27(37)30(18,40)28(38)21(25(22)36)29(31)39)23(34)16-9-13(12-32-7-8-41-3)5-6-15(16)26(17)42-4/h5-6,9,14,18,22,32,34-35,38,40H,7-8,10-12H2,1-4H3,(H2,31,39)/t14-,18-,22-,30-/m0/s1. The van der Waals surface area contributed by atoms with Crippen molar-refractivity contribution < 1.29 is 44.3 Å². The predicted molar refractivity (Wildman–Crippen MR) is 152 cm³/mol. The van der Waals surface area contributed by atoms with Crippen molar-refractivity contribution in [2.24, 2.45) is 17.6 Å². The number of aromatic hydroxyl groups is 1. The number of ether oxygens (including phenoxy) is 2. The van der Waals surface area contributed by atoms with Crippen molar-refractivity contribution in [1.29, 1.82) is 0 Å². The van der Waals surface area contributed by atoms with Crippen LogP contribution in [0.5, 0.6) is 11.5 Å². The molecule has 2 aromatic carbocycles. The largest absolute Gasteiger partial charge is 0.508 e. The van der Waals surface area contributed by atoms with Crippen molar-refractivity contribution in [1.82, 2.24) is 10.2 Å². The van der Waals surface area contributed by atoms with E-state index < -0.39 is 58.0 Å². The molecule has 0 aromatic heterocycles. The van der Waals surface area contributed by atoms with Crippen molar-refractivity contribution in [2.45, 2.75) is 31.0 Å². The molecule has 4 atom stereocenters. The molecule has 2 aromatic rings. The van der Waals surface area contributed by atoms with Crippen LogP contribution in [-0.4, -0.2) is 95.9 Å². The second-order valence-electron chi connectivity index (χ2n) is 11.2. The second-order valence-corrected chi connectivity index (χ2v) is 11.2. The lowest BCUT2D eigenvalue weighted by Gasteiger charge is -2.50. The number of phenolic OH excluding ortho intramolecular Hbond substituents is 1. The van der Waals surface area contributed by atoms with E-state index in [0.717, 1.165) is 5.56 Å². The van der Waals surface area contributed by atoms with E-state index in [-0.39, 0.29) is 29.7 Å². The number of amides is 1. The van der Waals surface area contributed by atoms with Crippen molar-refractivity contribution in [2.75, 3.05) is 41.5 Å². The summed E-state index contributed by atoms with van der Waals surface area (Å²) in [6, 6.07) is 4.32. The smallest absolute Gasteiger partial charge is 0.255 e. The minimum absolute atomic E-state index is 0.000202. The normalized spacial score (nSPS) is 25.5. The van der Waals surface area contributed by atoms with E-state index in [4.69, 9.17) is 15.2 Å². The third kappa shape index (κ3) is 4.17. The minimum Gasteiger partial charge on any atom is -0.508 e. The van der Waals surface area contributed by atoms with Gasteiger partial charge in [-0.2, -0.15) is 0 Å². The van der Waals surface area contributed by atoms with Crippen LogP contribution < -0.4 is 15.8 Å². The number of phenols is 1. The molecule has 0 bridgehead atoms. The third-order valence-electron chi connectivity index (χ3n) is 8.73. The molecule has 0 radical (unpaired) electrons. The Hall–Kier alpha value is -3.97. The molecule has 1 amide bonds. The van der Waals surface area contributed by atoms with E-state index in [1.807, 2.05) is 12.1 Å². The lowest BCUT2D eigenvalue weighted by molar-refractivity contribution is -0.153. The van der Waals surface area contributed by atoms with Gasteiger partial charge in [0.15, 0.2) is 11.4 Å². The highest BCUT2D eigenvalue weighted by Gasteiger charge is 2.64. The third-order valence-corrected chi connectivity index (χ3v) is 8.73. The van der Waals surface area contributed by atoms with E-state index >= 15 is 0 Å². The Morgan fingerprint density at radius 2 is 1.88 bits per heavy atom. The van der Waals surface area contributed by atoms with Gasteiger partial charge in [-0.05, 0) is 44.5 Å². The molecule has 0 heterocycles. The lowest BCUT2D eigenvalue weighted by atomic mass is 9.57. The van der Waals surface area contributed by atoms with E-state index in [1.54, 1.807) is 27.3 Å². The number of methoxy groups -OCH3 is 2. The Balaban J connectivity index is 1.69. The molecule has 3 aliphatic carbocycles. The van der Waals surface area contributed by atoms with Crippen molar-refractivity contribution >= 4 is 34.0 Å². The number of ketones is 2. The molecule has 0 saturated heterocycles.